The molecule has 0 bridgehead atoms. The van der Waals surface area contributed by atoms with Gasteiger partial charge in [-0.25, -0.2) is 0 Å². The first-order valence-electron chi connectivity index (χ1n) is 9.76. The second-order valence-corrected chi connectivity index (χ2v) is 6.78. The molecule has 2 aromatic heterocycles. The van der Waals surface area contributed by atoms with Gasteiger partial charge in [-0.1, -0.05) is 17.3 Å². The van der Waals surface area contributed by atoms with Crippen LogP contribution in [0.3, 0.4) is 0 Å². The number of hydrogen-bond acceptors (Lipinski definition) is 7. The zero-order chi connectivity index (χ0) is 22.3. The summed E-state index contributed by atoms with van der Waals surface area (Å²) in [5, 5.41) is 6.67. The Bertz CT molecular complexity index is 1260. The smallest absolute Gasteiger partial charge is 0.262 e. The van der Waals surface area contributed by atoms with Crippen LogP contribution in [0.25, 0.3) is 11.5 Å². The lowest BCUT2D eigenvalue weighted by molar-refractivity contribution is -0.118. The van der Waals surface area contributed by atoms with Crippen LogP contribution < -0.4 is 20.3 Å². The van der Waals surface area contributed by atoms with Gasteiger partial charge in [-0.3, -0.25) is 9.59 Å². The van der Waals surface area contributed by atoms with E-state index in [0.29, 0.717) is 34.5 Å². The third-order valence-electron chi connectivity index (χ3n) is 4.50. The van der Waals surface area contributed by atoms with E-state index < -0.39 is 0 Å². The minimum atomic E-state index is -0.292. The highest BCUT2D eigenvalue weighted by Gasteiger charge is 2.11. The Morgan fingerprint density at radius 2 is 1.91 bits per heavy atom. The molecular weight excluding hydrogens is 412 g/mol. The van der Waals surface area contributed by atoms with Crippen LogP contribution in [-0.2, 0) is 11.3 Å². The van der Waals surface area contributed by atoms with E-state index in [9.17, 15) is 9.59 Å². The van der Waals surface area contributed by atoms with Crippen molar-refractivity contribution in [3.63, 3.8) is 0 Å². The predicted octanol–water partition coefficient (Wildman–Crippen LogP) is 2.97. The number of nitrogens with one attached hydrogen (secondary N) is 1. The van der Waals surface area contributed by atoms with Gasteiger partial charge in [0, 0.05) is 29.6 Å². The van der Waals surface area contributed by atoms with Crippen LogP contribution in [-0.4, -0.2) is 34.3 Å². The number of rotatable bonds is 8. The van der Waals surface area contributed by atoms with Gasteiger partial charge in [0.1, 0.15) is 11.5 Å². The first-order chi connectivity index (χ1) is 15.6. The van der Waals surface area contributed by atoms with Crippen LogP contribution in [0.5, 0.6) is 11.5 Å². The molecule has 0 saturated carbocycles. The topological polar surface area (TPSA) is 108 Å². The molecule has 0 aliphatic heterocycles. The molecule has 32 heavy (non-hydrogen) atoms. The second-order valence-electron chi connectivity index (χ2n) is 6.78. The van der Waals surface area contributed by atoms with E-state index in [1.807, 2.05) is 0 Å². The summed E-state index contributed by atoms with van der Waals surface area (Å²) in [4.78, 5) is 28.3. The van der Waals surface area contributed by atoms with Crippen molar-refractivity contribution in [2.75, 3.05) is 19.0 Å². The number of methoxy groups -OCH3 is 1. The van der Waals surface area contributed by atoms with Crippen molar-refractivity contribution >= 4 is 11.6 Å². The number of ether oxygens (including phenoxy) is 2. The van der Waals surface area contributed by atoms with Crippen molar-refractivity contribution in [3.05, 3.63) is 89.1 Å². The van der Waals surface area contributed by atoms with E-state index in [0.717, 1.165) is 0 Å². The maximum atomic E-state index is 12.1. The predicted molar refractivity (Wildman–Crippen MR) is 117 cm³/mol. The number of anilines is 1. The molecule has 1 N–H and O–H groups in total. The number of carbonyl (C=O) groups excluding carboxylic acids is 1. The van der Waals surface area contributed by atoms with E-state index in [1.165, 1.54) is 10.6 Å². The molecule has 0 atom stereocenters. The molecule has 0 aliphatic carbocycles. The lowest BCUT2D eigenvalue weighted by atomic mass is 10.2. The van der Waals surface area contributed by atoms with Crippen molar-refractivity contribution < 1.29 is 18.8 Å². The van der Waals surface area contributed by atoms with Crippen molar-refractivity contribution in [2.24, 2.45) is 0 Å². The van der Waals surface area contributed by atoms with Crippen LogP contribution in [0.4, 0.5) is 5.69 Å². The fraction of sp³-hybridized carbons (Fsp3) is 0.130. The number of benzene rings is 2. The number of nitrogens with zero attached hydrogens (tertiary/aromatic N) is 3. The van der Waals surface area contributed by atoms with Gasteiger partial charge < -0.3 is 23.9 Å². The quantitative estimate of drug-likeness (QED) is 0.456. The van der Waals surface area contributed by atoms with Gasteiger partial charge in [-0.2, -0.15) is 4.98 Å². The summed E-state index contributed by atoms with van der Waals surface area (Å²) >= 11 is 0. The highest BCUT2D eigenvalue weighted by atomic mass is 16.5. The lowest BCUT2D eigenvalue weighted by Gasteiger charge is -2.08. The van der Waals surface area contributed by atoms with Crippen LogP contribution in [0.2, 0.25) is 0 Å². The largest absolute Gasteiger partial charge is 0.497 e. The molecule has 1 amide bonds. The fourth-order valence-electron chi connectivity index (χ4n) is 2.92. The third-order valence-corrected chi connectivity index (χ3v) is 4.50. The van der Waals surface area contributed by atoms with Crippen molar-refractivity contribution in [1.29, 1.82) is 0 Å². The van der Waals surface area contributed by atoms with Crippen LogP contribution in [0.1, 0.15) is 5.82 Å². The Hall–Kier alpha value is -4.40. The monoisotopic (exact) mass is 432 g/mol. The lowest BCUT2D eigenvalue weighted by Crippen LogP contribution is -2.20. The average Bonchev–Trinajstić information content (AvgIpc) is 3.28. The minimum Gasteiger partial charge on any atom is -0.497 e. The van der Waals surface area contributed by atoms with Gasteiger partial charge in [0.15, 0.2) is 12.4 Å². The molecule has 2 aromatic carbocycles. The second kappa shape index (κ2) is 9.61. The van der Waals surface area contributed by atoms with Gasteiger partial charge in [0.2, 0.25) is 0 Å². The summed E-state index contributed by atoms with van der Waals surface area (Å²) in [6.07, 6.45) is 1.66. The summed E-state index contributed by atoms with van der Waals surface area (Å²) in [7, 11) is 1.56. The molecule has 0 aliphatic rings. The maximum absolute atomic E-state index is 12.1. The zero-order valence-corrected chi connectivity index (χ0v) is 17.2. The summed E-state index contributed by atoms with van der Waals surface area (Å²) < 4.78 is 17.5. The van der Waals surface area contributed by atoms with E-state index >= 15 is 0 Å². The zero-order valence-electron chi connectivity index (χ0n) is 17.2. The molecule has 2 heterocycles. The summed E-state index contributed by atoms with van der Waals surface area (Å²) in [6.45, 7) is 0.0693. The van der Waals surface area contributed by atoms with Gasteiger partial charge in [-0.15, -0.1) is 0 Å². The van der Waals surface area contributed by atoms with Crippen molar-refractivity contribution in [2.45, 2.75) is 6.54 Å². The molecule has 4 aromatic rings. The van der Waals surface area contributed by atoms with Crippen LogP contribution in [0, 0.1) is 0 Å². The molecule has 0 spiro atoms. The molecule has 4 rings (SSSR count). The van der Waals surface area contributed by atoms with Crippen LogP contribution >= 0.6 is 0 Å². The van der Waals surface area contributed by atoms with Gasteiger partial charge in [0.25, 0.3) is 17.4 Å². The normalized spacial score (nSPS) is 10.5. The highest BCUT2D eigenvalue weighted by molar-refractivity contribution is 5.92. The number of carbonyl (C=O) groups is 1. The molecule has 9 heteroatoms. The molecule has 0 radical (unpaired) electrons. The van der Waals surface area contributed by atoms with Gasteiger partial charge in [-0.05, 0) is 42.5 Å². The number of aromatic nitrogens is 3. The fourth-order valence-corrected chi connectivity index (χ4v) is 2.92. The standard InChI is InChI=1S/C23H20N4O5/c1-30-19-6-4-5-17(13-19)24-21(28)15-31-18-10-8-16(9-11-18)23-25-20(26-32-23)14-27-12-3-2-7-22(27)29/h2-13H,14-15H2,1H3,(H,24,28). The van der Waals surface area contributed by atoms with E-state index in [1.54, 1.807) is 74.0 Å². The summed E-state index contributed by atoms with van der Waals surface area (Å²) in [5.41, 5.74) is 1.17. The summed E-state index contributed by atoms with van der Waals surface area (Å²) in [5.74, 6) is 1.60. The summed E-state index contributed by atoms with van der Waals surface area (Å²) in [6, 6.07) is 18.9. The molecule has 9 nitrogen and oxygen atoms in total. The van der Waals surface area contributed by atoms with Crippen molar-refractivity contribution in [1.82, 2.24) is 14.7 Å². The molecule has 0 fully saturated rings. The first-order valence-corrected chi connectivity index (χ1v) is 9.76. The SMILES string of the molecule is COc1cccc(NC(=O)COc2ccc(-c3nc(Cn4ccccc4=O)no3)cc2)c1. The average molecular weight is 432 g/mol. The Balaban J connectivity index is 1.33. The van der Waals surface area contributed by atoms with Gasteiger partial charge in [0.05, 0.1) is 13.7 Å². The van der Waals surface area contributed by atoms with Gasteiger partial charge >= 0.3 is 0 Å². The van der Waals surface area contributed by atoms with E-state index in [4.69, 9.17) is 14.0 Å². The van der Waals surface area contributed by atoms with E-state index in [-0.39, 0.29) is 24.6 Å². The molecule has 0 saturated heterocycles. The third kappa shape index (κ3) is 5.20. The maximum Gasteiger partial charge on any atom is 0.262 e. The first kappa shape index (κ1) is 20.9. The Kier molecular flexibility index (Phi) is 6.26. The Morgan fingerprint density at radius 1 is 1.06 bits per heavy atom. The minimum absolute atomic E-state index is 0.143. The Morgan fingerprint density at radius 3 is 2.69 bits per heavy atom. The Labute approximate surface area is 183 Å². The van der Waals surface area contributed by atoms with Crippen LogP contribution in [0.15, 0.2) is 82.2 Å². The van der Waals surface area contributed by atoms with E-state index in [2.05, 4.69) is 15.5 Å². The molecular formula is C23H20N4O5. The molecule has 162 valence electrons. The highest BCUT2D eigenvalue weighted by Crippen LogP contribution is 2.21. The number of pyridine rings is 1. The molecule has 0 unspecified atom stereocenters. The van der Waals surface area contributed by atoms with Crippen molar-refractivity contribution in [3.8, 4) is 23.0 Å². The number of hydrogen-bond donors (Lipinski definition) is 1. The number of amides is 1.